The van der Waals surface area contributed by atoms with Crippen molar-refractivity contribution in [1.82, 2.24) is 9.78 Å². The molecule has 0 saturated carbocycles. The summed E-state index contributed by atoms with van der Waals surface area (Å²) in [4.78, 5) is 25.0. The molecule has 0 aliphatic rings. The van der Waals surface area contributed by atoms with Crippen molar-refractivity contribution < 1.29 is 26.9 Å². The lowest BCUT2D eigenvalue weighted by Crippen LogP contribution is -2.26. The van der Waals surface area contributed by atoms with Gasteiger partial charge in [-0.25, -0.2) is 4.79 Å². The molecule has 0 unspecified atom stereocenters. The maximum atomic E-state index is 12.8. The average Bonchev–Trinajstić information content (AvgIpc) is 2.74. The van der Waals surface area contributed by atoms with Crippen molar-refractivity contribution in [2.75, 3.05) is 13.7 Å². The number of rotatable bonds is 7. The lowest BCUT2D eigenvalue weighted by molar-refractivity contribution is 0.0515. The number of benzene rings is 2. The van der Waals surface area contributed by atoms with Gasteiger partial charge in [0.2, 0.25) is 5.69 Å². The maximum absolute atomic E-state index is 12.8. The highest BCUT2D eigenvalue weighted by molar-refractivity contribution is 7.87. The van der Waals surface area contributed by atoms with Crippen LogP contribution in [0.1, 0.15) is 28.5 Å². The molecule has 0 amide bonds. The smallest absolute Gasteiger partial charge is 0.362 e. The molecule has 32 heavy (non-hydrogen) atoms. The fourth-order valence-corrected chi connectivity index (χ4v) is 3.90. The van der Waals surface area contributed by atoms with Crippen LogP contribution in [-0.4, -0.2) is 37.9 Å². The van der Waals surface area contributed by atoms with Crippen LogP contribution in [0.25, 0.3) is 5.69 Å². The van der Waals surface area contributed by atoms with Crippen molar-refractivity contribution in [2.24, 2.45) is 0 Å². The third-order valence-corrected chi connectivity index (χ3v) is 5.73. The molecule has 0 aliphatic heterocycles. The summed E-state index contributed by atoms with van der Waals surface area (Å²) in [6, 6.07) is 11.9. The third-order valence-electron chi connectivity index (χ3n) is 4.50. The second-order valence-corrected chi connectivity index (χ2v) is 8.38. The van der Waals surface area contributed by atoms with Gasteiger partial charge in [-0.1, -0.05) is 17.7 Å². The highest BCUT2D eigenvalue weighted by Crippen LogP contribution is 2.25. The van der Waals surface area contributed by atoms with E-state index in [0.29, 0.717) is 17.0 Å². The van der Waals surface area contributed by atoms with Gasteiger partial charge >= 0.3 is 16.1 Å². The van der Waals surface area contributed by atoms with E-state index >= 15 is 0 Å². The van der Waals surface area contributed by atoms with Gasteiger partial charge in [0.05, 0.1) is 25.5 Å². The van der Waals surface area contributed by atoms with Gasteiger partial charge in [-0.3, -0.25) is 4.79 Å². The van der Waals surface area contributed by atoms with Crippen molar-refractivity contribution in [3.63, 3.8) is 0 Å². The number of ether oxygens (including phenoxy) is 2. The Labute approximate surface area is 185 Å². The predicted octanol–water partition coefficient (Wildman–Crippen LogP) is 2.80. The Bertz CT molecular complexity index is 1310. The van der Waals surface area contributed by atoms with Gasteiger partial charge in [-0.15, -0.1) is 0 Å². The van der Waals surface area contributed by atoms with Gasteiger partial charge in [0.15, 0.2) is 5.75 Å². The van der Waals surface area contributed by atoms with Crippen molar-refractivity contribution in [3.05, 3.63) is 75.7 Å². The second-order valence-electron chi connectivity index (χ2n) is 6.83. The zero-order chi connectivity index (χ0) is 23.5. The predicted molar refractivity (Wildman–Crippen MR) is 116 cm³/mol. The fourth-order valence-electron chi connectivity index (χ4n) is 2.89. The molecule has 0 saturated heterocycles. The summed E-state index contributed by atoms with van der Waals surface area (Å²) < 4.78 is 41.9. The van der Waals surface area contributed by atoms with Crippen LogP contribution in [0.3, 0.4) is 0 Å². The lowest BCUT2D eigenvalue weighted by Gasteiger charge is -2.13. The van der Waals surface area contributed by atoms with Crippen LogP contribution >= 0.6 is 0 Å². The summed E-state index contributed by atoms with van der Waals surface area (Å²) in [6.07, 6.45) is 0. The molecule has 0 fully saturated rings. The molecular formula is C22H22N2O7S. The summed E-state index contributed by atoms with van der Waals surface area (Å²) >= 11 is 0. The van der Waals surface area contributed by atoms with E-state index in [-0.39, 0.29) is 11.5 Å². The van der Waals surface area contributed by atoms with Gasteiger partial charge in [-0.2, -0.15) is 18.2 Å². The fraction of sp³-hybridized carbons (Fsp3) is 0.227. The molecule has 2 aromatic carbocycles. The summed E-state index contributed by atoms with van der Waals surface area (Å²) in [5, 5.41) is 4.03. The molecule has 0 aliphatic carbocycles. The average molecular weight is 458 g/mol. The zero-order valence-corrected chi connectivity index (χ0v) is 18.8. The molecule has 0 radical (unpaired) electrons. The minimum atomic E-state index is -4.38. The van der Waals surface area contributed by atoms with E-state index in [0.717, 1.165) is 16.3 Å². The van der Waals surface area contributed by atoms with E-state index in [4.69, 9.17) is 13.7 Å². The largest absolute Gasteiger partial charge is 0.496 e. The molecule has 0 bridgehead atoms. The van der Waals surface area contributed by atoms with Crippen molar-refractivity contribution in [2.45, 2.75) is 25.7 Å². The zero-order valence-electron chi connectivity index (χ0n) is 18.0. The number of aromatic nitrogens is 2. The monoisotopic (exact) mass is 458 g/mol. The number of carbonyl (C=O) groups is 1. The van der Waals surface area contributed by atoms with E-state index in [1.165, 1.54) is 25.3 Å². The van der Waals surface area contributed by atoms with Crippen LogP contribution in [0.4, 0.5) is 0 Å². The van der Waals surface area contributed by atoms with Crippen LogP contribution in [0.5, 0.6) is 11.5 Å². The standard InChI is InChI=1S/C22H22N2O7S/c1-5-30-22(26)21-19(13-20(25)24(23-21)16-8-6-14(2)7-9-16)31-32(27,28)17-10-11-18(29-4)15(3)12-17/h6-13H,5H2,1-4H3. The molecule has 3 aromatic rings. The maximum Gasteiger partial charge on any atom is 0.362 e. The number of hydrogen-bond donors (Lipinski definition) is 0. The Hall–Kier alpha value is -3.66. The van der Waals surface area contributed by atoms with Crippen molar-refractivity contribution >= 4 is 16.1 Å². The Morgan fingerprint density at radius 1 is 1.03 bits per heavy atom. The van der Waals surface area contributed by atoms with Crippen LogP contribution in [0.2, 0.25) is 0 Å². The number of aryl methyl sites for hydroxylation is 2. The first kappa shape index (κ1) is 23.0. The van der Waals surface area contributed by atoms with E-state index in [2.05, 4.69) is 5.10 Å². The van der Waals surface area contributed by atoms with E-state index in [9.17, 15) is 18.0 Å². The van der Waals surface area contributed by atoms with Gasteiger partial charge in [0.1, 0.15) is 10.6 Å². The van der Waals surface area contributed by atoms with Gasteiger partial charge < -0.3 is 13.7 Å². The molecule has 168 valence electrons. The molecule has 9 nitrogen and oxygen atoms in total. The molecule has 10 heteroatoms. The highest BCUT2D eigenvalue weighted by atomic mass is 32.2. The number of methoxy groups -OCH3 is 1. The number of hydrogen-bond acceptors (Lipinski definition) is 8. The van der Waals surface area contributed by atoms with Gasteiger partial charge in [0, 0.05) is 0 Å². The van der Waals surface area contributed by atoms with Gasteiger partial charge in [0.25, 0.3) is 5.56 Å². The van der Waals surface area contributed by atoms with Crippen LogP contribution in [-0.2, 0) is 14.9 Å². The van der Waals surface area contributed by atoms with E-state index < -0.39 is 33.1 Å². The minimum absolute atomic E-state index is 0.0219. The highest BCUT2D eigenvalue weighted by Gasteiger charge is 2.26. The Balaban J connectivity index is 2.09. The number of nitrogens with zero attached hydrogens (tertiary/aromatic N) is 2. The van der Waals surface area contributed by atoms with Gasteiger partial charge in [-0.05, 0) is 56.7 Å². The Morgan fingerprint density at radius 3 is 2.31 bits per heavy atom. The third kappa shape index (κ3) is 4.80. The van der Waals surface area contributed by atoms with Crippen LogP contribution < -0.4 is 14.5 Å². The quantitative estimate of drug-likeness (QED) is 0.392. The summed E-state index contributed by atoms with van der Waals surface area (Å²) in [7, 11) is -2.92. The lowest BCUT2D eigenvalue weighted by atomic mass is 10.2. The normalized spacial score (nSPS) is 11.1. The Kier molecular flexibility index (Phi) is 6.64. The summed E-state index contributed by atoms with van der Waals surface area (Å²) in [6.45, 7) is 5.16. The summed E-state index contributed by atoms with van der Waals surface area (Å²) in [5.41, 5.74) is 0.800. The number of carbonyl (C=O) groups excluding carboxylic acids is 1. The summed E-state index contributed by atoms with van der Waals surface area (Å²) in [5.74, 6) is -0.951. The molecular weight excluding hydrogens is 436 g/mol. The topological polar surface area (TPSA) is 114 Å². The second kappa shape index (κ2) is 9.23. The molecule has 3 rings (SSSR count). The van der Waals surface area contributed by atoms with Crippen LogP contribution in [0, 0.1) is 13.8 Å². The SMILES string of the molecule is CCOC(=O)c1nn(-c2ccc(C)cc2)c(=O)cc1OS(=O)(=O)c1ccc(OC)c(C)c1. The first-order valence-electron chi connectivity index (χ1n) is 9.64. The minimum Gasteiger partial charge on any atom is -0.496 e. The van der Waals surface area contributed by atoms with Crippen molar-refractivity contribution in [1.29, 1.82) is 0 Å². The first-order valence-corrected chi connectivity index (χ1v) is 11.0. The molecule has 0 N–H and O–H groups in total. The van der Waals surface area contributed by atoms with E-state index in [1.807, 2.05) is 6.92 Å². The Morgan fingerprint density at radius 2 is 1.72 bits per heavy atom. The molecule has 1 heterocycles. The molecule has 1 aromatic heterocycles. The molecule has 0 spiro atoms. The first-order chi connectivity index (χ1) is 15.2. The van der Waals surface area contributed by atoms with E-state index in [1.54, 1.807) is 38.1 Å². The van der Waals surface area contributed by atoms with Crippen molar-refractivity contribution in [3.8, 4) is 17.2 Å². The van der Waals surface area contributed by atoms with Crippen LogP contribution in [0.15, 0.2) is 58.2 Å². The molecule has 0 atom stereocenters. The number of esters is 1.